The van der Waals surface area contributed by atoms with Gasteiger partial charge >= 0.3 is 5.51 Å². The monoisotopic (exact) mass is 274 g/mol. The number of rotatable bonds is 2. The van der Waals surface area contributed by atoms with Crippen LogP contribution in [0.5, 0.6) is 0 Å². The number of nitrogens with zero attached hydrogens (tertiary/aromatic N) is 2. The lowest BCUT2D eigenvalue weighted by Crippen LogP contribution is -2.01. The SMILES string of the molecule is Cc1nn2c(C(C)C)cccc2c1SC(F)(F)F. The number of hydrogen-bond acceptors (Lipinski definition) is 2. The Bertz CT molecular complexity index is 572. The molecular weight excluding hydrogens is 261 g/mol. The molecule has 18 heavy (non-hydrogen) atoms. The minimum absolute atomic E-state index is 0.0994. The molecule has 2 aromatic rings. The number of aromatic nitrogens is 2. The third-order valence-corrected chi connectivity index (χ3v) is 3.55. The first kappa shape index (κ1) is 13.3. The van der Waals surface area contributed by atoms with Crippen molar-refractivity contribution in [1.82, 2.24) is 9.61 Å². The van der Waals surface area contributed by atoms with Gasteiger partial charge in [-0.3, -0.25) is 0 Å². The van der Waals surface area contributed by atoms with Crippen LogP contribution in [0.15, 0.2) is 23.1 Å². The van der Waals surface area contributed by atoms with Gasteiger partial charge in [-0.2, -0.15) is 18.3 Å². The first-order valence-corrected chi connectivity index (χ1v) is 6.35. The predicted molar refractivity (Wildman–Crippen MR) is 65.9 cm³/mol. The van der Waals surface area contributed by atoms with E-state index >= 15 is 0 Å². The summed E-state index contributed by atoms with van der Waals surface area (Å²) < 4.78 is 39.1. The molecule has 0 N–H and O–H groups in total. The van der Waals surface area contributed by atoms with E-state index in [1.165, 1.54) is 0 Å². The molecule has 2 nitrogen and oxygen atoms in total. The van der Waals surface area contributed by atoms with E-state index in [0.29, 0.717) is 11.2 Å². The molecular formula is C12H13F3N2S. The molecule has 0 aliphatic rings. The van der Waals surface area contributed by atoms with Gasteiger partial charge < -0.3 is 0 Å². The van der Waals surface area contributed by atoms with E-state index < -0.39 is 5.51 Å². The zero-order chi connectivity index (χ0) is 13.5. The third kappa shape index (κ3) is 2.48. The Kier molecular flexibility index (Phi) is 3.31. The summed E-state index contributed by atoms with van der Waals surface area (Å²) in [4.78, 5) is 0.185. The zero-order valence-electron chi connectivity index (χ0n) is 10.2. The van der Waals surface area contributed by atoms with E-state index in [2.05, 4.69) is 5.10 Å². The quantitative estimate of drug-likeness (QED) is 0.756. The summed E-state index contributed by atoms with van der Waals surface area (Å²) in [6, 6.07) is 5.32. The van der Waals surface area contributed by atoms with Gasteiger partial charge in [-0.15, -0.1) is 0 Å². The van der Waals surface area contributed by atoms with Crippen molar-refractivity contribution in [3.63, 3.8) is 0 Å². The summed E-state index contributed by atoms with van der Waals surface area (Å²) in [5.41, 5.74) is -2.46. The van der Waals surface area contributed by atoms with Crippen molar-refractivity contribution >= 4 is 17.3 Å². The van der Waals surface area contributed by atoms with Gasteiger partial charge in [0, 0.05) is 5.69 Å². The standard InChI is InChI=1S/C12H13F3N2S/c1-7(2)9-5-4-6-10-11(18-12(13,14)15)8(3)16-17(9)10/h4-7H,1-3H3. The molecule has 2 heterocycles. The van der Waals surface area contributed by atoms with Gasteiger partial charge in [-0.1, -0.05) is 19.9 Å². The van der Waals surface area contributed by atoms with Crippen molar-refractivity contribution in [2.45, 2.75) is 37.1 Å². The lowest BCUT2D eigenvalue weighted by atomic mass is 10.1. The highest BCUT2D eigenvalue weighted by molar-refractivity contribution is 8.00. The van der Waals surface area contributed by atoms with Crippen LogP contribution in [0.4, 0.5) is 13.2 Å². The maximum atomic E-state index is 12.5. The largest absolute Gasteiger partial charge is 0.446 e. The first-order chi connectivity index (χ1) is 8.29. The predicted octanol–water partition coefficient (Wildman–Crippen LogP) is 4.38. The zero-order valence-corrected chi connectivity index (χ0v) is 11.1. The number of hydrogen-bond donors (Lipinski definition) is 0. The van der Waals surface area contributed by atoms with Crippen molar-refractivity contribution in [3.05, 3.63) is 29.6 Å². The van der Waals surface area contributed by atoms with Crippen LogP contribution in [0, 0.1) is 6.92 Å². The Morgan fingerprint density at radius 2 is 1.94 bits per heavy atom. The molecule has 0 atom stereocenters. The van der Waals surface area contributed by atoms with E-state index in [-0.39, 0.29) is 22.6 Å². The van der Waals surface area contributed by atoms with Crippen molar-refractivity contribution in [2.24, 2.45) is 0 Å². The molecule has 0 saturated heterocycles. The van der Waals surface area contributed by atoms with Crippen LogP contribution >= 0.6 is 11.8 Å². The molecule has 0 fully saturated rings. The first-order valence-electron chi connectivity index (χ1n) is 5.53. The number of aryl methyl sites for hydroxylation is 1. The maximum Gasteiger partial charge on any atom is 0.446 e. The second-order valence-corrected chi connectivity index (χ2v) is 5.44. The van der Waals surface area contributed by atoms with Gasteiger partial charge in [0.1, 0.15) is 0 Å². The fourth-order valence-electron chi connectivity index (χ4n) is 1.86. The van der Waals surface area contributed by atoms with Crippen LogP contribution in [0.2, 0.25) is 0 Å². The molecule has 0 spiro atoms. The Balaban J connectivity index is 2.62. The van der Waals surface area contributed by atoms with Gasteiger partial charge in [0.25, 0.3) is 0 Å². The summed E-state index contributed by atoms with van der Waals surface area (Å²) >= 11 is -0.0994. The van der Waals surface area contributed by atoms with Crippen LogP contribution in [-0.4, -0.2) is 15.1 Å². The van der Waals surface area contributed by atoms with Gasteiger partial charge in [-0.25, -0.2) is 4.52 Å². The normalized spacial score (nSPS) is 12.6. The molecule has 98 valence electrons. The smallest absolute Gasteiger partial charge is 0.236 e. The highest BCUT2D eigenvalue weighted by atomic mass is 32.2. The Morgan fingerprint density at radius 3 is 2.50 bits per heavy atom. The summed E-state index contributed by atoms with van der Waals surface area (Å²) in [7, 11) is 0. The van der Waals surface area contributed by atoms with Gasteiger partial charge in [0.15, 0.2) is 0 Å². The van der Waals surface area contributed by atoms with Gasteiger partial charge in [0.2, 0.25) is 0 Å². The lowest BCUT2D eigenvalue weighted by Gasteiger charge is -2.08. The van der Waals surface area contributed by atoms with Crippen molar-refractivity contribution in [3.8, 4) is 0 Å². The maximum absolute atomic E-state index is 12.5. The highest BCUT2D eigenvalue weighted by Crippen LogP contribution is 2.40. The Labute approximate surface area is 107 Å². The minimum Gasteiger partial charge on any atom is -0.236 e. The number of pyridine rings is 1. The van der Waals surface area contributed by atoms with Crippen LogP contribution in [0.1, 0.15) is 31.2 Å². The van der Waals surface area contributed by atoms with Crippen LogP contribution in [0.25, 0.3) is 5.52 Å². The summed E-state index contributed by atoms with van der Waals surface area (Å²) in [6.45, 7) is 5.58. The molecule has 2 aromatic heterocycles. The van der Waals surface area contributed by atoms with E-state index in [9.17, 15) is 13.2 Å². The summed E-state index contributed by atoms with van der Waals surface area (Å²) in [5.74, 6) is 0.205. The van der Waals surface area contributed by atoms with Crippen molar-refractivity contribution in [2.75, 3.05) is 0 Å². The molecule has 2 rings (SSSR count). The number of thioether (sulfide) groups is 1. The minimum atomic E-state index is -4.29. The number of alkyl halides is 3. The van der Waals surface area contributed by atoms with Crippen LogP contribution < -0.4 is 0 Å². The molecule has 0 radical (unpaired) electrons. The van der Waals surface area contributed by atoms with E-state index in [1.807, 2.05) is 19.9 Å². The third-order valence-electron chi connectivity index (χ3n) is 2.61. The molecule has 0 saturated carbocycles. The molecule has 0 aliphatic carbocycles. The lowest BCUT2D eigenvalue weighted by molar-refractivity contribution is -0.0327. The van der Waals surface area contributed by atoms with Crippen LogP contribution in [0.3, 0.4) is 0 Å². The van der Waals surface area contributed by atoms with Gasteiger partial charge in [0.05, 0.1) is 16.1 Å². The second kappa shape index (κ2) is 4.50. The second-order valence-electron chi connectivity index (χ2n) is 4.36. The summed E-state index contributed by atoms with van der Waals surface area (Å²) in [5, 5.41) is 4.21. The van der Waals surface area contributed by atoms with Crippen LogP contribution in [-0.2, 0) is 0 Å². The topological polar surface area (TPSA) is 17.3 Å². The number of fused-ring (bicyclic) bond motifs is 1. The van der Waals surface area contributed by atoms with Crippen molar-refractivity contribution < 1.29 is 13.2 Å². The Hall–Kier alpha value is -1.17. The average molecular weight is 274 g/mol. The Morgan fingerprint density at radius 1 is 1.28 bits per heavy atom. The molecule has 0 aliphatic heterocycles. The van der Waals surface area contributed by atoms with E-state index in [0.717, 1.165) is 5.69 Å². The fourth-order valence-corrected chi connectivity index (χ4v) is 2.54. The van der Waals surface area contributed by atoms with Crippen molar-refractivity contribution in [1.29, 1.82) is 0 Å². The molecule has 0 unspecified atom stereocenters. The molecule has 0 aromatic carbocycles. The molecule has 0 amide bonds. The fraction of sp³-hybridized carbons (Fsp3) is 0.417. The van der Waals surface area contributed by atoms with E-state index in [4.69, 9.17) is 0 Å². The average Bonchev–Trinajstić information content (AvgIpc) is 2.53. The summed E-state index contributed by atoms with van der Waals surface area (Å²) in [6.07, 6.45) is 0. The number of halogens is 3. The van der Waals surface area contributed by atoms with E-state index in [1.54, 1.807) is 23.6 Å². The van der Waals surface area contributed by atoms with Gasteiger partial charge in [-0.05, 0) is 36.7 Å². The molecule has 0 bridgehead atoms. The highest BCUT2D eigenvalue weighted by Gasteiger charge is 2.32. The molecule has 6 heteroatoms.